The van der Waals surface area contributed by atoms with E-state index >= 15 is 0 Å². The topological polar surface area (TPSA) is 68.3 Å². The average molecular weight is 440 g/mol. The van der Waals surface area contributed by atoms with Gasteiger partial charge in [0, 0.05) is 16.7 Å². The zero-order valence-electron chi connectivity index (χ0n) is 10.6. The SMILES string of the molecule is COc1cc(NS(=O)(=O)c2ncccc2F)c(Br)cc1Br. The van der Waals surface area contributed by atoms with E-state index in [-0.39, 0.29) is 5.69 Å². The largest absolute Gasteiger partial charge is 0.495 e. The Morgan fingerprint density at radius 3 is 2.62 bits per heavy atom. The first-order chi connectivity index (χ1) is 9.85. The van der Waals surface area contributed by atoms with Crippen LogP contribution in [0.2, 0.25) is 0 Å². The highest BCUT2D eigenvalue weighted by molar-refractivity contribution is 9.11. The summed E-state index contributed by atoms with van der Waals surface area (Å²) in [6, 6.07) is 5.42. The molecular formula is C12H9Br2FN2O3S. The summed E-state index contributed by atoms with van der Waals surface area (Å²) in [6.45, 7) is 0. The maximum absolute atomic E-state index is 13.6. The number of anilines is 1. The Balaban J connectivity index is 2.44. The van der Waals surface area contributed by atoms with Gasteiger partial charge in [-0.15, -0.1) is 0 Å². The molecule has 2 rings (SSSR count). The Morgan fingerprint density at radius 1 is 1.29 bits per heavy atom. The lowest BCUT2D eigenvalue weighted by molar-refractivity contribution is 0.412. The second-order valence-electron chi connectivity index (χ2n) is 3.86. The number of hydrogen-bond donors (Lipinski definition) is 1. The summed E-state index contributed by atoms with van der Waals surface area (Å²) >= 11 is 6.50. The molecule has 0 fully saturated rings. The van der Waals surface area contributed by atoms with E-state index in [4.69, 9.17) is 4.74 Å². The predicted molar refractivity (Wildman–Crippen MR) is 83.4 cm³/mol. The number of nitrogens with zero attached hydrogens (tertiary/aromatic N) is 1. The lowest BCUT2D eigenvalue weighted by atomic mass is 10.3. The molecule has 1 aromatic heterocycles. The Morgan fingerprint density at radius 2 is 2.00 bits per heavy atom. The molecule has 0 aliphatic rings. The maximum Gasteiger partial charge on any atom is 0.282 e. The molecule has 0 amide bonds. The number of aromatic nitrogens is 1. The summed E-state index contributed by atoms with van der Waals surface area (Å²) < 4.78 is 46.4. The Labute approximate surface area is 137 Å². The third-order valence-electron chi connectivity index (χ3n) is 2.47. The molecule has 1 heterocycles. The van der Waals surface area contributed by atoms with Crippen molar-refractivity contribution in [2.75, 3.05) is 11.8 Å². The molecule has 0 radical (unpaired) electrons. The average Bonchev–Trinajstić information content (AvgIpc) is 2.42. The van der Waals surface area contributed by atoms with Crippen LogP contribution in [0, 0.1) is 5.82 Å². The summed E-state index contributed by atoms with van der Waals surface area (Å²) in [4.78, 5) is 3.55. The van der Waals surface area contributed by atoms with Crippen molar-refractivity contribution in [1.82, 2.24) is 4.98 Å². The highest BCUT2D eigenvalue weighted by Gasteiger charge is 2.22. The molecule has 5 nitrogen and oxygen atoms in total. The fourth-order valence-electron chi connectivity index (χ4n) is 1.53. The number of sulfonamides is 1. The number of benzene rings is 1. The smallest absolute Gasteiger partial charge is 0.282 e. The third-order valence-corrected chi connectivity index (χ3v) is 5.04. The molecule has 21 heavy (non-hydrogen) atoms. The van der Waals surface area contributed by atoms with Crippen molar-refractivity contribution in [2.24, 2.45) is 0 Å². The van der Waals surface area contributed by atoms with Crippen molar-refractivity contribution in [1.29, 1.82) is 0 Å². The molecule has 9 heteroatoms. The molecule has 1 N–H and O–H groups in total. The van der Waals surface area contributed by atoms with Crippen LogP contribution in [0.15, 0.2) is 44.4 Å². The van der Waals surface area contributed by atoms with E-state index in [1.807, 2.05) is 0 Å². The van der Waals surface area contributed by atoms with E-state index in [9.17, 15) is 12.8 Å². The van der Waals surface area contributed by atoms with Crippen LogP contribution in [0.4, 0.5) is 10.1 Å². The van der Waals surface area contributed by atoms with Gasteiger partial charge in [-0.1, -0.05) is 0 Å². The van der Waals surface area contributed by atoms with Crippen LogP contribution < -0.4 is 9.46 Å². The molecule has 0 aliphatic heterocycles. The van der Waals surface area contributed by atoms with Crippen molar-refractivity contribution in [2.45, 2.75) is 5.03 Å². The first kappa shape index (κ1) is 16.2. The van der Waals surface area contributed by atoms with Gasteiger partial charge >= 0.3 is 0 Å². The van der Waals surface area contributed by atoms with Crippen LogP contribution in [0.3, 0.4) is 0 Å². The minimum Gasteiger partial charge on any atom is -0.495 e. The molecule has 0 bridgehead atoms. The molecule has 0 saturated carbocycles. The molecule has 2 aromatic rings. The van der Waals surface area contributed by atoms with Crippen molar-refractivity contribution in [3.63, 3.8) is 0 Å². The molecule has 0 aliphatic carbocycles. The molecular weight excluding hydrogens is 431 g/mol. The standard InChI is InChI=1S/C12H9Br2FN2O3S/c1-20-11-6-10(7(13)5-8(11)14)17-21(18,19)12-9(15)3-2-4-16-12/h2-6,17H,1H3. The van der Waals surface area contributed by atoms with Gasteiger partial charge in [0.25, 0.3) is 10.0 Å². The van der Waals surface area contributed by atoms with Gasteiger partial charge in [-0.2, -0.15) is 8.42 Å². The summed E-state index contributed by atoms with van der Waals surface area (Å²) in [7, 11) is -2.69. The third kappa shape index (κ3) is 3.53. The fourth-order valence-corrected chi connectivity index (χ4v) is 3.99. The van der Waals surface area contributed by atoms with E-state index in [0.717, 1.165) is 6.07 Å². The number of halogens is 3. The van der Waals surface area contributed by atoms with Gasteiger partial charge in [-0.25, -0.2) is 9.37 Å². The van der Waals surface area contributed by atoms with Crippen LogP contribution in [0.5, 0.6) is 5.75 Å². The number of pyridine rings is 1. The minimum atomic E-state index is -4.14. The van der Waals surface area contributed by atoms with Gasteiger partial charge in [0.15, 0.2) is 5.82 Å². The summed E-state index contributed by atoms with van der Waals surface area (Å²) in [5.41, 5.74) is 0.208. The molecule has 1 aromatic carbocycles. The van der Waals surface area contributed by atoms with Crippen molar-refractivity contribution >= 4 is 47.6 Å². The maximum atomic E-state index is 13.6. The van der Waals surface area contributed by atoms with E-state index in [1.54, 1.807) is 6.07 Å². The van der Waals surface area contributed by atoms with E-state index in [1.165, 1.54) is 25.4 Å². The van der Waals surface area contributed by atoms with Crippen molar-refractivity contribution in [3.8, 4) is 5.75 Å². The second kappa shape index (κ2) is 6.29. The van der Waals surface area contributed by atoms with Crippen molar-refractivity contribution < 1.29 is 17.5 Å². The van der Waals surface area contributed by atoms with Gasteiger partial charge in [0.1, 0.15) is 5.75 Å². The van der Waals surface area contributed by atoms with Crippen molar-refractivity contribution in [3.05, 3.63) is 45.2 Å². The molecule has 112 valence electrons. The number of ether oxygens (including phenoxy) is 1. The van der Waals surface area contributed by atoms with Gasteiger partial charge in [-0.05, 0) is 50.1 Å². The van der Waals surface area contributed by atoms with Crippen LogP contribution in [-0.4, -0.2) is 20.5 Å². The van der Waals surface area contributed by atoms with E-state index in [0.29, 0.717) is 14.7 Å². The Kier molecular flexibility index (Phi) is 4.84. The first-order valence-electron chi connectivity index (χ1n) is 5.51. The normalized spacial score (nSPS) is 11.2. The number of nitrogens with one attached hydrogen (secondary N) is 1. The summed E-state index contributed by atoms with van der Waals surface area (Å²) in [6.07, 6.45) is 1.20. The van der Waals surface area contributed by atoms with Crippen LogP contribution in [-0.2, 0) is 10.0 Å². The van der Waals surface area contributed by atoms with E-state index in [2.05, 4.69) is 41.6 Å². The number of rotatable bonds is 4. The summed E-state index contributed by atoms with van der Waals surface area (Å²) in [5.74, 6) is -0.498. The lowest BCUT2D eigenvalue weighted by Gasteiger charge is -2.12. The van der Waals surface area contributed by atoms with Gasteiger partial charge in [0.2, 0.25) is 5.03 Å². The summed E-state index contributed by atoms with van der Waals surface area (Å²) in [5, 5.41) is -0.668. The fraction of sp³-hybridized carbons (Fsp3) is 0.0833. The van der Waals surface area contributed by atoms with Gasteiger partial charge in [0.05, 0.1) is 17.3 Å². The first-order valence-corrected chi connectivity index (χ1v) is 8.58. The highest BCUT2D eigenvalue weighted by Crippen LogP contribution is 2.35. The van der Waals surface area contributed by atoms with Crippen LogP contribution in [0.25, 0.3) is 0 Å². The zero-order chi connectivity index (χ0) is 15.6. The molecule has 0 saturated heterocycles. The predicted octanol–water partition coefficient (Wildman–Crippen LogP) is 3.56. The second-order valence-corrected chi connectivity index (χ2v) is 7.17. The quantitative estimate of drug-likeness (QED) is 0.790. The zero-order valence-corrected chi connectivity index (χ0v) is 14.6. The van der Waals surface area contributed by atoms with Gasteiger partial charge < -0.3 is 4.74 Å². The van der Waals surface area contributed by atoms with E-state index < -0.39 is 20.9 Å². The highest BCUT2D eigenvalue weighted by atomic mass is 79.9. The monoisotopic (exact) mass is 438 g/mol. The number of methoxy groups -OCH3 is 1. The van der Waals surface area contributed by atoms with Crippen LogP contribution >= 0.6 is 31.9 Å². The number of hydrogen-bond acceptors (Lipinski definition) is 4. The lowest BCUT2D eigenvalue weighted by Crippen LogP contribution is -2.16. The molecule has 0 spiro atoms. The molecule has 0 unspecified atom stereocenters. The van der Waals surface area contributed by atoms with Gasteiger partial charge in [-0.3, -0.25) is 4.72 Å². The van der Waals surface area contributed by atoms with Crippen LogP contribution in [0.1, 0.15) is 0 Å². The molecule has 0 atom stereocenters. The Hall–Kier alpha value is -1.19. The Bertz CT molecular complexity index is 784. The minimum absolute atomic E-state index is 0.208.